The molecular weight excluding hydrogens is 685 g/mol. The molecule has 0 bridgehead atoms. The first-order valence-electron chi connectivity index (χ1n) is 20.1. The van der Waals surface area contributed by atoms with Gasteiger partial charge in [-0.25, -0.2) is 0 Å². The molecule has 1 aliphatic carbocycles. The Balaban J connectivity index is 1.14. The molecule has 0 radical (unpaired) electrons. The third kappa shape index (κ3) is 4.50. The summed E-state index contributed by atoms with van der Waals surface area (Å²) in [7, 11) is 0. The van der Waals surface area contributed by atoms with Crippen LogP contribution in [0, 0.1) is 0 Å². The van der Waals surface area contributed by atoms with E-state index in [1.54, 1.807) is 0 Å². The van der Waals surface area contributed by atoms with Gasteiger partial charge in [0.1, 0.15) is 0 Å². The Kier molecular flexibility index (Phi) is 6.78. The lowest BCUT2D eigenvalue weighted by Gasteiger charge is -2.25. The highest BCUT2D eigenvalue weighted by molar-refractivity contribution is 6.24. The summed E-state index contributed by atoms with van der Waals surface area (Å²) in [6.45, 7) is 4.87. The van der Waals surface area contributed by atoms with Crippen LogP contribution in [0.4, 0.5) is 0 Å². The van der Waals surface area contributed by atoms with Gasteiger partial charge in [0.15, 0.2) is 0 Å². The first kappa shape index (κ1) is 32.2. The molecule has 0 aliphatic heterocycles. The van der Waals surface area contributed by atoms with Gasteiger partial charge in [0, 0.05) is 5.41 Å². The van der Waals surface area contributed by atoms with E-state index in [0.717, 1.165) is 0 Å². The molecule has 0 aromatic heterocycles. The molecule has 266 valence electrons. The van der Waals surface area contributed by atoms with Crippen molar-refractivity contribution in [3.05, 3.63) is 205 Å². The van der Waals surface area contributed by atoms with Crippen LogP contribution in [-0.4, -0.2) is 0 Å². The molecule has 0 heterocycles. The average Bonchev–Trinajstić information content (AvgIpc) is 3.51. The molecular formula is C57H38. The van der Waals surface area contributed by atoms with Crippen molar-refractivity contribution >= 4 is 64.6 Å². The molecule has 0 atom stereocenters. The van der Waals surface area contributed by atoms with Gasteiger partial charge >= 0.3 is 0 Å². The summed E-state index contributed by atoms with van der Waals surface area (Å²) in [5, 5.41) is 15.6. The van der Waals surface area contributed by atoms with Crippen molar-refractivity contribution < 1.29 is 0 Å². The minimum Gasteiger partial charge on any atom is -0.0616 e. The third-order valence-electron chi connectivity index (χ3n) is 12.9. The average molecular weight is 723 g/mol. The van der Waals surface area contributed by atoms with E-state index in [9.17, 15) is 0 Å². The summed E-state index contributed by atoms with van der Waals surface area (Å²) in [6.07, 6.45) is 0. The van der Waals surface area contributed by atoms with Crippen LogP contribution in [0.15, 0.2) is 194 Å². The third-order valence-corrected chi connectivity index (χ3v) is 12.9. The van der Waals surface area contributed by atoms with E-state index in [-0.39, 0.29) is 5.41 Å². The van der Waals surface area contributed by atoms with Gasteiger partial charge in [-0.1, -0.05) is 196 Å². The fraction of sp³-hybridized carbons (Fsp3) is 0.0526. The first-order chi connectivity index (χ1) is 28.1. The molecule has 0 fully saturated rings. The van der Waals surface area contributed by atoms with Gasteiger partial charge in [-0.15, -0.1) is 0 Å². The molecule has 11 aromatic rings. The van der Waals surface area contributed by atoms with E-state index in [1.807, 2.05) is 0 Å². The Morgan fingerprint density at radius 1 is 0.263 bits per heavy atom. The van der Waals surface area contributed by atoms with Crippen LogP contribution in [0.5, 0.6) is 0 Å². The quantitative estimate of drug-likeness (QED) is 0.126. The van der Waals surface area contributed by atoms with Crippen LogP contribution in [-0.2, 0) is 5.41 Å². The van der Waals surface area contributed by atoms with E-state index in [2.05, 4.69) is 208 Å². The Labute approximate surface area is 332 Å². The second-order valence-electron chi connectivity index (χ2n) is 16.3. The molecule has 0 amide bonds. The van der Waals surface area contributed by atoms with Crippen molar-refractivity contribution in [2.24, 2.45) is 0 Å². The molecule has 0 heteroatoms. The van der Waals surface area contributed by atoms with Gasteiger partial charge in [0.2, 0.25) is 0 Å². The van der Waals surface area contributed by atoms with Gasteiger partial charge in [-0.2, -0.15) is 0 Å². The molecule has 0 N–H and O–H groups in total. The maximum atomic E-state index is 2.52. The highest BCUT2D eigenvalue weighted by atomic mass is 14.4. The number of hydrogen-bond acceptors (Lipinski definition) is 0. The van der Waals surface area contributed by atoms with Crippen LogP contribution in [0.1, 0.15) is 25.0 Å². The molecule has 1 aliphatic rings. The van der Waals surface area contributed by atoms with Crippen molar-refractivity contribution in [1.29, 1.82) is 0 Å². The number of hydrogen-bond donors (Lipinski definition) is 0. The molecule has 0 spiro atoms. The van der Waals surface area contributed by atoms with Crippen LogP contribution in [0.2, 0.25) is 0 Å². The van der Waals surface area contributed by atoms with Crippen molar-refractivity contribution in [2.45, 2.75) is 19.3 Å². The van der Waals surface area contributed by atoms with Crippen LogP contribution >= 0.6 is 0 Å². The van der Waals surface area contributed by atoms with E-state index >= 15 is 0 Å². The predicted octanol–water partition coefficient (Wildman–Crippen LogP) is 15.9. The molecule has 11 aromatic carbocycles. The summed E-state index contributed by atoms with van der Waals surface area (Å²) in [5.41, 5.74) is 13.0. The lowest BCUT2D eigenvalue weighted by Crippen LogP contribution is -2.16. The summed E-state index contributed by atoms with van der Waals surface area (Å²) in [6, 6.07) is 72.5. The lowest BCUT2D eigenvalue weighted by molar-refractivity contribution is 0.672. The normalized spacial score (nSPS) is 13.2. The predicted molar refractivity (Wildman–Crippen MR) is 245 cm³/mol. The van der Waals surface area contributed by atoms with Gasteiger partial charge < -0.3 is 0 Å². The fourth-order valence-corrected chi connectivity index (χ4v) is 10.7. The summed E-state index contributed by atoms with van der Waals surface area (Å²) in [4.78, 5) is 0. The minimum atomic E-state index is -0.183. The van der Waals surface area contributed by atoms with Gasteiger partial charge in [-0.05, 0) is 132 Å². The van der Waals surface area contributed by atoms with E-state index in [1.165, 1.54) is 120 Å². The summed E-state index contributed by atoms with van der Waals surface area (Å²) < 4.78 is 0. The van der Waals surface area contributed by atoms with Gasteiger partial charge in [0.05, 0.1) is 0 Å². The molecule has 0 nitrogen and oxygen atoms in total. The number of benzene rings is 11. The smallest absolute Gasteiger partial charge is 0.0171 e. The zero-order chi connectivity index (χ0) is 37.8. The maximum Gasteiger partial charge on any atom is 0.0171 e. The number of rotatable bonds is 3. The monoisotopic (exact) mass is 722 g/mol. The molecule has 0 saturated heterocycles. The lowest BCUT2D eigenvalue weighted by atomic mass is 9.77. The SMILES string of the molecule is CC1(C)c2c(cc(-c3cccc(-c4c5ccccc5c(-c5cccc6ccccc56)c5ccccc45)c3)c3ccccc23)-c2c1c1ccccc1c1ccccc21. The van der Waals surface area contributed by atoms with E-state index in [4.69, 9.17) is 0 Å². The standard InChI is InChI=1S/C57H38/c1-57(2)55-48-30-13-7-24-41(48)50(34-51(55)54-43-25-8-5-22-39(43)40-23-6-14-31-49(40)56(54)57)36-19-15-20-37(33-36)52-44-26-9-11-28-46(44)53(47-29-12-10-27-45(47)52)42-32-16-18-35-17-3-4-21-38(35)42/h3-34H,1-2H3. The summed E-state index contributed by atoms with van der Waals surface area (Å²) in [5.74, 6) is 0. The van der Waals surface area contributed by atoms with Crippen LogP contribution in [0.25, 0.3) is 109 Å². The van der Waals surface area contributed by atoms with E-state index in [0.29, 0.717) is 0 Å². The first-order valence-corrected chi connectivity index (χ1v) is 20.1. The Morgan fingerprint density at radius 2 is 0.702 bits per heavy atom. The van der Waals surface area contributed by atoms with E-state index < -0.39 is 0 Å². The molecule has 0 saturated carbocycles. The van der Waals surface area contributed by atoms with Gasteiger partial charge in [-0.3, -0.25) is 0 Å². The second-order valence-corrected chi connectivity index (χ2v) is 16.3. The Hall–Kier alpha value is -7.02. The maximum absolute atomic E-state index is 2.52. The minimum absolute atomic E-state index is 0.183. The fourth-order valence-electron chi connectivity index (χ4n) is 10.7. The topological polar surface area (TPSA) is 0 Å². The Bertz CT molecular complexity index is 3430. The second kappa shape index (κ2) is 12.0. The van der Waals surface area contributed by atoms with Crippen molar-refractivity contribution in [3.8, 4) is 44.5 Å². The zero-order valence-electron chi connectivity index (χ0n) is 32.0. The Morgan fingerprint density at radius 3 is 1.35 bits per heavy atom. The molecule has 0 unspecified atom stereocenters. The van der Waals surface area contributed by atoms with Crippen LogP contribution < -0.4 is 0 Å². The summed E-state index contributed by atoms with van der Waals surface area (Å²) >= 11 is 0. The highest BCUT2D eigenvalue weighted by Gasteiger charge is 2.40. The highest BCUT2D eigenvalue weighted by Crippen LogP contribution is 2.58. The molecule has 57 heavy (non-hydrogen) atoms. The van der Waals surface area contributed by atoms with Gasteiger partial charge in [0.25, 0.3) is 0 Å². The number of fused-ring (bicyclic) bond motifs is 13. The van der Waals surface area contributed by atoms with Crippen molar-refractivity contribution in [3.63, 3.8) is 0 Å². The molecule has 12 rings (SSSR count). The van der Waals surface area contributed by atoms with Crippen molar-refractivity contribution in [2.75, 3.05) is 0 Å². The zero-order valence-corrected chi connectivity index (χ0v) is 32.0. The van der Waals surface area contributed by atoms with Crippen LogP contribution in [0.3, 0.4) is 0 Å². The largest absolute Gasteiger partial charge is 0.0616 e. The van der Waals surface area contributed by atoms with Crippen molar-refractivity contribution in [1.82, 2.24) is 0 Å².